The van der Waals surface area contributed by atoms with Crippen molar-refractivity contribution in [3.63, 3.8) is 0 Å². The molecule has 1 heterocycles. The van der Waals surface area contributed by atoms with Crippen LogP contribution in [0.15, 0.2) is 12.1 Å². The van der Waals surface area contributed by atoms with Gasteiger partial charge in [-0.2, -0.15) is 0 Å². The van der Waals surface area contributed by atoms with E-state index in [1.54, 1.807) is 19.2 Å². The Kier molecular flexibility index (Phi) is 3.51. The van der Waals surface area contributed by atoms with Gasteiger partial charge in [-0.15, -0.1) is 0 Å². The highest BCUT2D eigenvalue weighted by atomic mass is 35.5. The smallest absolute Gasteiger partial charge is 0.133 e. The zero-order valence-corrected chi connectivity index (χ0v) is 10.00. The maximum atomic E-state index is 5.84. The van der Waals surface area contributed by atoms with Crippen molar-refractivity contribution in [3.8, 4) is 0 Å². The van der Waals surface area contributed by atoms with E-state index in [0.29, 0.717) is 16.9 Å². The highest BCUT2D eigenvalue weighted by Gasteiger charge is 2.27. The van der Waals surface area contributed by atoms with E-state index >= 15 is 0 Å². The van der Waals surface area contributed by atoms with Gasteiger partial charge in [0.15, 0.2) is 0 Å². The van der Waals surface area contributed by atoms with E-state index in [4.69, 9.17) is 22.1 Å². The number of hydrogen-bond donors (Lipinski definition) is 2. The van der Waals surface area contributed by atoms with Gasteiger partial charge in [-0.1, -0.05) is 11.6 Å². The second-order valence-corrected chi connectivity index (χ2v) is 4.45. The van der Waals surface area contributed by atoms with Crippen molar-refractivity contribution in [2.24, 2.45) is 0 Å². The number of nitrogens with zero attached hydrogens (tertiary/aromatic N) is 1. The van der Waals surface area contributed by atoms with Gasteiger partial charge in [0.05, 0.1) is 12.1 Å². The predicted molar refractivity (Wildman–Crippen MR) is 65.7 cm³/mol. The van der Waals surface area contributed by atoms with Gasteiger partial charge in [0.1, 0.15) is 11.0 Å². The van der Waals surface area contributed by atoms with Gasteiger partial charge in [-0.05, 0) is 25.3 Å². The fourth-order valence-corrected chi connectivity index (χ4v) is 2.37. The van der Waals surface area contributed by atoms with Gasteiger partial charge < -0.3 is 15.8 Å². The van der Waals surface area contributed by atoms with Gasteiger partial charge in [0, 0.05) is 18.9 Å². The maximum absolute atomic E-state index is 5.84. The summed E-state index contributed by atoms with van der Waals surface area (Å²) in [5, 5.41) is 3.73. The van der Waals surface area contributed by atoms with E-state index < -0.39 is 0 Å². The molecule has 0 spiro atoms. The number of methoxy groups -OCH3 is 1. The average Bonchev–Trinajstić information content (AvgIpc) is 2.63. The number of nitrogens with two attached hydrogens (primary N) is 1. The van der Waals surface area contributed by atoms with Gasteiger partial charge in [0.25, 0.3) is 0 Å². The monoisotopic (exact) mass is 241 g/mol. The molecule has 1 aromatic heterocycles. The molecule has 1 aliphatic carbocycles. The van der Waals surface area contributed by atoms with E-state index in [1.807, 2.05) is 0 Å². The van der Waals surface area contributed by atoms with Crippen molar-refractivity contribution in [2.45, 2.75) is 31.4 Å². The summed E-state index contributed by atoms with van der Waals surface area (Å²) in [4.78, 5) is 4.19. The summed E-state index contributed by atoms with van der Waals surface area (Å²) in [6.07, 6.45) is 3.60. The third-order valence-corrected chi connectivity index (χ3v) is 3.10. The van der Waals surface area contributed by atoms with Gasteiger partial charge in [-0.3, -0.25) is 0 Å². The molecule has 0 aliphatic heterocycles. The molecule has 2 unspecified atom stereocenters. The Bertz CT molecular complexity index is 352. The molecule has 2 rings (SSSR count). The second-order valence-electron chi connectivity index (χ2n) is 4.06. The molecule has 2 atom stereocenters. The molecule has 1 saturated carbocycles. The van der Waals surface area contributed by atoms with E-state index in [2.05, 4.69) is 10.3 Å². The van der Waals surface area contributed by atoms with Crippen LogP contribution in [-0.2, 0) is 4.74 Å². The summed E-state index contributed by atoms with van der Waals surface area (Å²) >= 11 is 5.84. The molecule has 1 aromatic rings. The van der Waals surface area contributed by atoms with E-state index in [0.717, 1.165) is 18.7 Å². The molecule has 88 valence electrons. The number of rotatable bonds is 3. The number of pyridine rings is 1. The molecule has 0 bridgehead atoms. The molecule has 0 saturated heterocycles. The Morgan fingerprint density at radius 1 is 1.50 bits per heavy atom. The van der Waals surface area contributed by atoms with Crippen molar-refractivity contribution in [3.05, 3.63) is 17.3 Å². The topological polar surface area (TPSA) is 60.2 Å². The SMILES string of the molecule is COC1CCCC1Nc1cc(N)cc(Cl)n1. The number of anilines is 2. The molecule has 3 N–H and O–H groups in total. The van der Waals surface area contributed by atoms with Crippen LogP contribution < -0.4 is 11.1 Å². The molecule has 0 radical (unpaired) electrons. The van der Waals surface area contributed by atoms with Crippen molar-refractivity contribution >= 4 is 23.1 Å². The molecular formula is C11H16ClN3O. The molecule has 1 aliphatic rings. The average molecular weight is 242 g/mol. The highest BCUT2D eigenvalue weighted by molar-refractivity contribution is 6.29. The van der Waals surface area contributed by atoms with Crippen LogP contribution >= 0.6 is 11.6 Å². The minimum Gasteiger partial charge on any atom is -0.399 e. The minimum atomic E-state index is 0.252. The largest absolute Gasteiger partial charge is 0.399 e. The lowest BCUT2D eigenvalue weighted by Crippen LogP contribution is -2.30. The lowest BCUT2D eigenvalue weighted by atomic mass is 10.2. The molecule has 4 nitrogen and oxygen atoms in total. The van der Waals surface area contributed by atoms with Gasteiger partial charge in [0.2, 0.25) is 0 Å². The molecule has 0 amide bonds. The lowest BCUT2D eigenvalue weighted by molar-refractivity contribution is 0.101. The standard InChI is InChI=1S/C11H16ClN3O/c1-16-9-4-2-3-8(9)14-11-6-7(13)5-10(12)15-11/h5-6,8-9H,2-4H2,1H3,(H3,13,14,15). The Morgan fingerprint density at radius 3 is 3.00 bits per heavy atom. The molecular weight excluding hydrogens is 226 g/mol. The predicted octanol–water partition coefficient (Wildman–Crippen LogP) is 2.30. The minimum absolute atomic E-state index is 0.252. The molecule has 0 aromatic carbocycles. The van der Waals surface area contributed by atoms with Crippen LogP contribution in [0.25, 0.3) is 0 Å². The molecule has 16 heavy (non-hydrogen) atoms. The first-order valence-corrected chi connectivity index (χ1v) is 5.79. The first-order chi connectivity index (χ1) is 7.69. The normalized spacial score (nSPS) is 24.6. The number of hydrogen-bond acceptors (Lipinski definition) is 4. The number of nitrogen functional groups attached to an aromatic ring is 1. The second kappa shape index (κ2) is 4.89. The number of nitrogens with one attached hydrogen (secondary N) is 1. The Morgan fingerprint density at radius 2 is 2.31 bits per heavy atom. The fourth-order valence-electron chi connectivity index (χ4n) is 2.15. The zero-order valence-electron chi connectivity index (χ0n) is 9.24. The number of ether oxygens (including phenoxy) is 1. The molecule has 5 heteroatoms. The summed E-state index contributed by atoms with van der Waals surface area (Å²) in [7, 11) is 1.74. The first-order valence-electron chi connectivity index (χ1n) is 5.41. The fraction of sp³-hybridized carbons (Fsp3) is 0.545. The Labute approximate surface area is 100 Å². The van der Waals surface area contributed by atoms with Crippen LogP contribution in [0.3, 0.4) is 0 Å². The van der Waals surface area contributed by atoms with E-state index in [1.165, 1.54) is 6.42 Å². The highest BCUT2D eigenvalue weighted by Crippen LogP contribution is 2.25. The maximum Gasteiger partial charge on any atom is 0.133 e. The van der Waals surface area contributed by atoms with Crippen molar-refractivity contribution in [1.29, 1.82) is 0 Å². The zero-order chi connectivity index (χ0) is 11.5. The van der Waals surface area contributed by atoms with Crippen LogP contribution in [0.4, 0.5) is 11.5 Å². The van der Waals surface area contributed by atoms with Crippen molar-refractivity contribution < 1.29 is 4.74 Å². The Hall–Kier alpha value is -1.00. The summed E-state index contributed by atoms with van der Waals surface area (Å²) in [5.41, 5.74) is 6.33. The first kappa shape index (κ1) is 11.5. The Balaban J connectivity index is 2.08. The van der Waals surface area contributed by atoms with Gasteiger partial charge >= 0.3 is 0 Å². The lowest BCUT2D eigenvalue weighted by Gasteiger charge is -2.20. The molecule has 1 fully saturated rings. The quantitative estimate of drug-likeness (QED) is 0.798. The van der Waals surface area contributed by atoms with Gasteiger partial charge in [-0.25, -0.2) is 4.98 Å². The van der Waals surface area contributed by atoms with Crippen LogP contribution in [0.5, 0.6) is 0 Å². The van der Waals surface area contributed by atoms with E-state index in [-0.39, 0.29) is 6.10 Å². The summed E-state index contributed by atoms with van der Waals surface area (Å²) in [6.45, 7) is 0. The number of aromatic nitrogens is 1. The number of halogens is 1. The summed E-state index contributed by atoms with van der Waals surface area (Å²) in [5.74, 6) is 0.721. The summed E-state index contributed by atoms with van der Waals surface area (Å²) < 4.78 is 5.40. The third-order valence-electron chi connectivity index (χ3n) is 2.90. The van der Waals surface area contributed by atoms with E-state index in [9.17, 15) is 0 Å². The van der Waals surface area contributed by atoms with Crippen LogP contribution in [0, 0.1) is 0 Å². The van der Waals surface area contributed by atoms with Crippen LogP contribution in [0.2, 0.25) is 5.15 Å². The van der Waals surface area contributed by atoms with Crippen molar-refractivity contribution in [2.75, 3.05) is 18.2 Å². The third kappa shape index (κ3) is 2.57. The van der Waals surface area contributed by atoms with Crippen LogP contribution in [-0.4, -0.2) is 24.2 Å². The van der Waals surface area contributed by atoms with Crippen molar-refractivity contribution in [1.82, 2.24) is 4.98 Å². The van der Waals surface area contributed by atoms with Crippen LogP contribution in [0.1, 0.15) is 19.3 Å². The summed E-state index contributed by atoms with van der Waals surface area (Å²) in [6, 6.07) is 3.72.